The minimum Gasteiger partial charge on any atom is -0.297 e. The molecule has 4 rings (SSSR count). The third-order valence-corrected chi connectivity index (χ3v) is 3.91. The Hall–Kier alpha value is -2.69. The number of H-pyrrole nitrogens is 1. The summed E-state index contributed by atoms with van der Waals surface area (Å²) in [6.07, 6.45) is 8.41. The van der Waals surface area contributed by atoms with Crippen molar-refractivity contribution in [1.82, 2.24) is 24.7 Å². The van der Waals surface area contributed by atoms with Gasteiger partial charge in [-0.2, -0.15) is 0 Å². The number of hydrogen-bond acceptors (Lipinski definition) is 3. The van der Waals surface area contributed by atoms with Crippen LogP contribution in [0.25, 0.3) is 33.2 Å². The Bertz CT molecular complexity index is 934. The van der Waals surface area contributed by atoms with Crippen LogP contribution < -0.4 is 0 Å². The molecule has 104 valence electrons. The molecule has 0 unspecified atom stereocenters. The minimum atomic E-state index is 0.812. The summed E-state index contributed by atoms with van der Waals surface area (Å²) in [5, 5.41) is 5.65. The van der Waals surface area contributed by atoms with Gasteiger partial charge >= 0.3 is 0 Å². The first-order chi connectivity index (χ1) is 10.3. The Balaban J connectivity index is 2.13. The summed E-state index contributed by atoms with van der Waals surface area (Å²) in [6.45, 7) is 2.14. The Morgan fingerprint density at radius 2 is 2.05 bits per heavy atom. The molecule has 5 nitrogen and oxygen atoms in total. The number of rotatable bonds is 2. The molecule has 0 bridgehead atoms. The lowest BCUT2D eigenvalue weighted by Crippen LogP contribution is -1.91. The number of aromatic amines is 1. The molecule has 21 heavy (non-hydrogen) atoms. The van der Waals surface area contributed by atoms with Gasteiger partial charge in [0.25, 0.3) is 0 Å². The first-order valence-electron chi connectivity index (χ1n) is 7.01. The number of pyridine rings is 2. The van der Waals surface area contributed by atoms with Gasteiger partial charge < -0.3 is 0 Å². The van der Waals surface area contributed by atoms with Crippen LogP contribution in [0.15, 0.2) is 36.9 Å². The molecule has 4 aromatic rings. The molecule has 4 aromatic heterocycles. The third-order valence-electron chi connectivity index (χ3n) is 3.91. The first-order valence-corrected chi connectivity index (χ1v) is 7.01. The molecule has 5 heteroatoms. The van der Waals surface area contributed by atoms with Gasteiger partial charge in [0.1, 0.15) is 0 Å². The summed E-state index contributed by atoms with van der Waals surface area (Å²) in [4.78, 5) is 13.1. The van der Waals surface area contributed by atoms with Crippen LogP contribution in [0.4, 0.5) is 0 Å². The second kappa shape index (κ2) is 4.41. The van der Waals surface area contributed by atoms with Gasteiger partial charge in [0.15, 0.2) is 5.65 Å². The van der Waals surface area contributed by atoms with Crippen LogP contribution >= 0.6 is 0 Å². The predicted molar refractivity (Wildman–Crippen MR) is 83.0 cm³/mol. The highest BCUT2D eigenvalue weighted by Crippen LogP contribution is 2.32. The van der Waals surface area contributed by atoms with Gasteiger partial charge in [-0.25, -0.2) is 9.97 Å². The van der Waals surface area contributed by atoms with Crippen molar-refractivity contribution in [2.75, 3.05) is 0 Å². The zero-order chi connectivity index (χ0) is 14.4. The number of fused-ring (bicyclic) bond motifs is 3. The maximum Gasteiger partial charge on any atom is 0.161 e. The van der Waals surface area contributed by atoms with E-state index >= 15 is 0 Å². The molecular weight excluding hydrogens is 262 g/mol. The van der Waals surface area contributed by atoms with Crippen molar-refractivity contribution < 1.29 is 0 Å². The molecule has 0 aliphatic rings. The van der Waals surface area contributed by atoms with Crippen LogP contribution in [0.3, 0.4) is 0 Å². The van der Waals surface area contributed by atoms with Crippen LogP contribution in [0.2, 0.25) is 0 Å². The first kappa shape index (κ1) is 12.1. The fraction of sp³-hybridized carbons (Fsp3) is 0.188. The predicted octanol–water partition coefficient (Wildman–Crippen LogP) is 3.07. The van der Waals surface area contributed by atoms with E-state index in [-0.39, 0.29) is 0 Å². The van der Waals surface area contributed by atoms with E-state index in [9.17, 15) is 0 Å². The number of hydrogen-bond donors (Lipinski definition) is 1. The van der Waals surface area contributed by atoms with Crippen molar-refractivity contribution in [3.63, 3.8) is 0 Å². The lowest BCUT2D eigenvalue weighted by atomic mass is 10.1. The van der Waals surface area contributed by atoms with Gasteiger partial charge in [0.05, 0.1) is 11.2 Å². The molecule has 0 aliphatic carbocycles. The van der Waals surface area contributed by atoms with Crippen molar-refractivity contribution in [2.45, 2.75) is 13.3 Å². The third kappa shape index (κ3) is 1.67. The van der Waals surface area contributed by atoms with Crippen molar-refractivity contribution in [2.24, 2.45) is 7.05 Å². The van der Waals surface area contributed by atoms with Crippen molar-refractivity contribution in [1.29, 1.82) is 0 Å². The Morgan fingerprint density at radius 1 is 1.19 bits per heavy atom. The molecule has 0 atom stereocenters. The zero-order valence-corrected chi connectivity index (χ0v) is 12.0. The SMILES string of the molecule is CCc1cnc2ncc3c(-c4cccnc4)[nH]n(C)c3c12. The molecule has 1 N–H and O–H groups in total. The largest absolute Gasteiger partial charge is 0.297 e. The van der Waals surface area contributed by atoms with Gasteiger partial charge in [-0.1, -0.05) is 6.92 Å². The average Bonchev–Trinajstić information content (AvgIpc) is 3.09. The van der Waals surface area contributed by atoms with E-state index in [1.54, 1.807) is 6.20 Å². The van der Waals surface area contributed by atoms with Crippen LogP contribution in [0.1, 0.15) is 12.5 Å². The number of nitrogens with zero attached hydrogens (tertiary/aromatic N) is 4. The monoisotopic (exact) mass is 277 g/mol. The topological polar surface area (TPSA) is 59.4 Å². The van der Waals surface area contributed by atoms with Gasteiger partial charge in [-0.3, -0.25) is 14.8 Å². The molecule has 0 saturated carbocycles. The molecule has 0 saturated heterocycles. The highest BCUT2D eigenvalue weighted by atomic mass is 15.3. The van der Waals surface area contributed by atoms with Crippen LogP contribution in [-0.4, -0.2) is 24.7 Å². The summed E-state index contributed by atoms with van der Waals surface area (Å²) >= 11 is 0. The Kier molecular flexibility index (Phi) is 2.54. The summed E-state index contributed by atoms with van der Waals surface area (Å²) in [7, 11) is 2.02. The van der Waals surface area contributed by atoms with Gasteiger partial charge in [-0.05, 0) is 24.1 Å². The van der Waals surface area contributed by atoms with Crippen molar-refractivity contribution >= 4 is 21.9 Å². The lowest BCUT2D eigenvalue weighted by Gasteiger charge is -1.99. The van der Waals surface area contributed by atoms with E-state index in [0.29, 0.717) is 0 Å². The van der Waals surface area contributed by atoms with Gasteiger partial charge in [0.2, 0.25) is 0 Å². The molecule has 0 aromatic carbocycles. The van der Waals surface area contributed by atoms with E-state index in [2.05, 4.69) is 27.0 Å². The summed E-state index contributed by atoms with van der Waals surface area (Å²) in [6, 6.07) is 3.99. The summed E-state index contributed by atoms with van der Waals surface area (Å²) < 4.78 is 2.04. The second-order valence-corrected chi connectivity index (χ2v) is 5.14. The number of nitrogens with one attached hydrogen (secondary N) is 1. The Labute approximate surface area is 121 Å². The molecular formula is C16H15N5. The van der Waals surface area contributed by atoms with E-state index in [1.807, 2.05) is 42.5 Å². The summed E-state index contributed by atoms with van der Waals surface area (Å²) in [5.41, 5.74) is 5.29. The number of aromatic nitrogens is 5. The maximum absolute atomic E-state index is 4.51. The van der Waals surface area contributed by atoms with Crippen molar-refractivity contribution in [3.8, 4) is 11.3 Å². The molecule has 0 spiro atoms. The maximum atomic E-state index is 4.51. The van der Waals surface area contributed by atoms with E-state index in [0.717, 1.165) is 39.6 Å². The lowest BCUT2D eigenvalue weighted by molar-refractivity contribution is 0.802. The molecule has 0 amide bonds. The number of aryl methyl sites for hydroxylation is 2. The van der Waals surface area contributed by atoms with Crippen LogP contribution in [-0.2, 0) is 13.5 Å². The van der Waals surface area contributed by atoms with Gasteiger partial charge in [-0.15, -0.1) is 0 Å². The van der Waals surface area contributed by atoms with E-state index in [4.69, 9.17) is 0 Å². The van der Waals surface area contributed by atoms with Crippen LogP contribution in [0, 0.1) is 0 Å². The molecule has 0 radical (unpaired) electrons. The van der Waals surface area contributed by atoms with Crippen molar-refractivity contribution in [3.05, 3.63) is 42.5 Å². The molecule has 4 heterocycles. The fourth-order valence-electron chi connectivity index (χ4n) is 2.90. The van der Waals surface area contributed by atoms with E-state index < -0.39 is 0 Å². The quantitative estimate of drug-likeness (QED) is 0.612. The molecule has 0 aliphatic heterocycles. The normalized spacial score (nSPS) is 11.5. The standard InChI is InChI=1S/C16H15N5/c1-3-10-8-18-16-13(10)15-12(9-19-16)14(20-21(15)2)11-5-4-6-17-7-11/h4-9,20H,3H2,1-2H3. The smallest absolute Gasteiger partial charge is 0.161 e. The minimum absolute atomic E-state index is 0.812. The van der Waals surface area contributed by atoms with E-state index in [1.165, 1.54) is 5.56 Å². The fourth-order valence-corrected chi connectivity index (χ4v) is 2.90. The highest BCUT2D eigenvalue weighted by Gasteiger charge is 2.16. The summed E-state index contributed by atoms with van der Waals surface area (Å²) in [5.74, 6) is 0. The van der Waals surface area contributed by atoms with Gasteiger partial charge in [0, 0.05) is 48.2 Å². The Morgan fingerprint density at radius 3 is 2.81 bits per heavy atom. The second-order valence-electron chi connectivity index (χ2n) is 5.14. The zero-order valence-electron chi connectivity index (χ0n) is 12.0. The molecule has 0 fully saturated rings. The van der Waals surface area contributed by atoms with Crippen LogP contribution in [0.5, 0.6) is 0 Å². The highest BCUT2D eigenvalue weighted by molar-refractivity contribution is 6.08. The average molecular weight is 277 g/mol.